The van der Waals surface area contributed by atoms with E-state index in [0.29, 0.717) is 11.1 Å². The Labute approximate surface area is 196 Å². The molecule has 0 atom stereocenters. The van der Waals surface area contributed by atoms with Crippen LogP contribution in [0.3, 0.4) is 0 Å². The summed E-state index contributed by atoms with van der Waals surface area (Å²) in [6, 6.07) is 9.97. The molecule has 7 nitrogen and oxygen atoms in total. The lowest BCUT2D eigenvalue weighted by Crippen LogP contribution is -2.46. The number of sulfonamides is 1. The van der Waals surface area contributed by atoms with Gasteiger partial charge < -0.3 is 10.1 Å². The summed E-state index contributed by atoms with van der Waals surface area (Å²) in [6.07, 6.45) is 4.35. The van der Waals surface area contributed by atoms with Crippen molar-refractivity contribution in [2.75, 3.05) is 19.0 Å². The lowest BCUT2D eigenvalue weighted by molar-refractivity contribution is -0.116. The van der Waals surface area contributed by atoms with Gasteiger partial charge in [0.25, 0.3) is 0 Å². The van der Waals surface area contributed by atoms with Crippen LogP contribution in [0.1, 0.15) is 59.2 Å². The summed E-state index contributed by atoms with van der Waals surface area (Å²) in [6.45, 7) is 5.19. The van der Waals surface area contributed by atoms with Crippen LogP contribution in [0.15, 0.2) is 41.3 Å². The molecule has 1 N–H and O–H groups in total. The quantitative estimate of drug-likeness (QED) is 0.605. The van der Waals surface area contributed by atoms with Crippen LogP contribution in [0.4, 0.5) is 5.69 Å². The van der Waals surface area contributed by atoms with Crippen LogP contribution in [0.5, 0.6) is 0 Å². The molecule has 2 aromatic rings. The molecule has 0 heterocycles. The van der Waals surface area contributed by atoms with E-state index in [0.717, 1.165) is 37.7 Å². The standard InChI is InChI=1S/C25H32N2O5S/c1-17-14-18(2)24(19(3)15-17)33(30,31)27(20-10-6-5-7-11-20)16-23(28)26-22-13-9-8-12-21(22)25(29)32-4/h8-9,12-15,20H,5-7,10-11,16H2,1-4H3,(H,26,28). The first-order chi connectivity index (χ1) is 15.6. The third-order valence-corrected chi connectivity index (χ3v) is 8.26. The van der Waals surface area contributed by atoms with Gasteiger partial charge in [0.15, 0.2) is 0 Å². The second kappa shape index (κ2) is 10.5. The van der Waals surface area contributed by atoms with Gasteiger partial charge in [-0.3, -0.25) is 4.79 Å². The Morgan fingerprint density at radius 3 is 2.24 bits per heavy atom. The van der Waals surface area contributed by atoms with E-state index in [1.54, 1.807) is 38.1 Å². The van der Waals surface area contributed by atoms with Crippen LogP contribution in [-0.2, 0) is 19.6 Å². The fraction of sp³-hybridized carbons (Fsp3) is 0.440. The maximum Gasteiger partial charge on any atom is 0.339 e. The number of benzene rings is 2. The van der Waals surface area contributed by atoms with Gasteiger partial charge in [-0.05, 0) is 56.9 Å². The van der Waals surface area contributed by atoms with Gasteiger partial charge in [0.1, 0.15) is 0 Å². The first-order valence-electron chi connectivity index (χ1n) is 11.2. The van der Waals surface area contributed by atoms with Crippen molar-refractivity contribution in [3.63, 3.8) is 0 Å². The average molecular weight is 473 g/mol. The number of ether oxygens (including phenoxy) is 1. The zero-order valence-corrected chi connectivity index (χ0v) is 20.5. The number of anilines is 1. The molecule has 0 spiro atoms. The normalized spacial score (nSPS) is 14.8. The molecule has 1 saturated carbocycles. The van der Waals surface area contributed by atoms with Gasteiger partial charge in [0, 0.05) is 6.04 Å². The maximum absolute atomic E-state index is 13.9. The summed E-state index contributed by atoms with van der Waals surface area (Å²) >= 11 is 0. The minimum absolute atomic E-state index is 0.214. The predicted octanol–water partition coefficient (Wildman–Crippen LogP) is 4.36. The van der Waals surface area contributed by atoms with Crippen LogP contribution >= 0.6 is 0 Å². The Kier molecular flexibility index (Phi) is 7.92. The number of carbonyl (C=O) groups excluding carboxylic acids is 2. The Bertz CT molecular complexity index is 1110. The molecule has 0 unspecified atom stereocenters. The minimum Gasteiger partial charge on any atom is -0.465 e. The third kappa shape index (κ3) is 5.62. The van der Waals surface area contributed by atoms with Crippen molar-refractivity contribution in [2.24, 2.45) is 0 Å². The molecule has 0 radical (unpaired) electrons. The van der Waals surface area contributed by atoms with Crippen molar-refractivity contribution in [3.8, 4) is 0 Å². The molecule has 0 aromatic heterocycles. The molecule has 178 valence electrons. The highest BCUT2D eigenvalue weighted by Crippen LogP contribution is 2.31. The van der Waals surface area contributed by atoms with Crippen LogP contribution < -0.4 is 5.32 Å². The summed E-state index contributed by atoms with van der Waals surface area (Å²) in [5.74, 6) is -1.07. The van der Waals surface area contributed by atoms with E-state index < -0.39 is 21.9 Å². The van der Waals surface area contributed by atoms with Crippen LogP contribution in [0.2, 0.25) is 0 Å². The fourth-order valence-electron chi connectivity index (χ4n) is 4.68. The maximum atomic E-state index is 13.9. The Morgan fingerprint density at radius 2 is 1.64 bits per heavy atom. The minimum atomic E-state index is -3.92. The smallest absolute Gasteiger partial charge is 0.339 e. The molecule has 3 rings (SSSR count). The topological polar surface area (TPSA) is 92.8 Å². The second-order valence-electron chi connectivity index (χ2n) is 8.66. The summed E-state index contributed by atoms with van der Waals surface area (Å²) in [5.41, 5.74) is 2.84. The molecule has 2 aromatic carbocycles. The van der Waals surface area contributed by atoms with E-state index in [-0.39, 0.29) is 28.7 Å². The van der Waals surface area contributed by atoms with Gasteiger partial charge in [-0.1, -0.05) is 49.1 Å². The number of methoxy groups -OCH3 is 1. The number of rotatable bonds is 7. The fourth-order valence-corrected chi connectivity index (χ4v) is 6.74. The third-order valence-electron chi connectivity index (χ3n) is 6.06. The van der Waals surface area contributed by atoms with Gasteiger partial charge in [0.05, 0.1) is 29.8 Å². The molecule has 0 saturated heterocycles. The summed E-state index contributed by atoms with van der Waals surface area (Å²) in [4.78, 5) is 25.4. The van der Waals surface area contributed by atoms with E-state index in [1.807, 2.05) is 19.1 Å². The summed E-state index contributed by atoms with van der Waals surface area (Å²) < 4.78 is 33.9. The monoisotopic (exact) mass is 472 g/mol. The molecular formula is C25H32N2O5S. The van der Waals surface area contributed by atoms with Gasteiger partial charge in [-0.15, -0.1) is 0 Å². The highest BCUT2D eigenvalue weighted by atomic mass is 32.2. The van der Waals surface area contributed by atoms with Gasteiger partial charge >= 0.3 is 5.97 Å². The second-order valence-corrected chi connectivity index (χ2v) is 10.5. The number of esters is 1. The highest BCUT2D eigenvalue weighted by Gasteiger charge is 2.36. The molecule has 1 fully saturated rings. The van der Waals surface area contributed by atoms with Crippen LogP contribution in [0, 0.1) is 20.8 Å². The van der Waals surface area contributed by atoms with E-state index in [4.69, 9.17) is 4.74 Å². The number of nitrogens with one attached hydrogen (secondary N) is 1. The number of hydrogen-bond acceptors (Lipinski definition) is 5. The summed E-state index contributed by atoms with van der Waals surface area (Å²) in [5, 5.41) is 2.71. The van der Waals surface area contributed by atoms with Crippen molar-refractivity contribution in [2.45, 2.75) is 63.8 Å². The average Bonchev–Trinajstić information content (AvgIpc) is 2.77. The first kappa shape index (κ1) is 24.9. The van der Waals surface area contributed by atoms with Gasteiger partial charge in [0.2, 0.25) is 15.9 Å². The van der Waals surface area contributed by atoms with E-state index in [9.17, 15) is 18.0 Å². The Morgan fingerprint density at radius 1 is 1.03 bits per heavy atom. The van der Waals surface area contributed by atoms with Gasteiger partial charge in [-0.25, -0.2) is 13.2 Å². The SMILES string of the molecule is COC(=O)c1ccccc1NC(=O)CN(C1CCCCC1)S(=O)(=O)c1c(C)cc(C)cc1C. The Hall–Kier alpha value is -2.71. The number of carbonyl (C=O) groups is 2. The molecule has 1 aliphatic carbocycles. The summed E-state index contributed by atoms with van der Waals surface area (Å²) in [7, 11) is -2.65. The van der Waals surface area contributed by atoms with Crippen molar-refractivity contribution in [3.05, 3.63) is 58.7 Å². The first-order valence-corrected chi connectivity index (χ1v) is 12.7. The molecule has 0 aliphatic heterocycles. The van der Waals surface area contributed by atoms with Crippen molar-refractivity contribution < 1.29 is 22.7 Å². The zero-order chi connectivity index (χ0) is 24.2. The van der Waals surface area contributed by atoms with Crippen LogP contribution in [0.25, 0.3) is 0 Å². The molecule has 8 heteroatoms. The van der Waals surface area contributed by atoms with E-state index >= 15 is 0 Å². The number of nitrogens with zero attached hydrogens (tertiary/aromatic N) is 1. The van der Waals surface area contributed by atoms with Crippen molar-refractivity contribution in [1.82, 2.24) is 4.31 Å². The lowest BCUT2D eigenvalue weighted by atomic mass is 9.95. The lowest BCUT2D eigenvalue weighted by Gasteiger charge is -2.33. The largest absolute Gasteiger partial charge is 0.465 e. The molecule has 1 amide bonds. The molecular weight excluding hydrogens is 440 g/mol. The van der Waals surface area contributed by atoms with E-state index in [1.165, 1.54) is 11.4 Å². The van der Waals surface area contributed by atoms with Gasteiger partial charge in [-0.2, -0.15) is 4.31 Å². The van der Waals surface area contributed by atoms with Crippen molar-refractivity contribution >= 4 is 27.6 Å². The van der Waals surface area contributed by atoms with Crippen molar-refractivity contribution in [1.29, 1.82) is 0 Å². The van der Waals surface area contributed by atoms with E-state index in [2.05, 4.69) is 5.32 Å². The molecule has 1 aliphatic rings. The number of para-hydroxylation sites is 1. The molecule has 0 bridgehead atoms. The Balaban J connectivity index is 1.94. The van der Waals surface area contributed by atoms with Crippen LogP contribution in [-0.4, -0.2) is 44.3 Å². The zero-order valence-electron chi connectivity index (χ0n) is 19.7. The number of aryl methyl sites for hydroxylation is 3. The number of hydrogen-bond donors (Lipinski definition) is 1. The highest BCUT2D eigenvalue weighted by molar-refractivity contribution is 7.89. The predicted molar refractivity (Wildman–Crippen MR) is 128 cm³/mol. The molecule has 33 heavy (non-hydrogen) atoms. The number of amides is 1.